The van der Waals surface area contributed by atoms with Crippen LogP contribution < -0.4 is 9.64 Å². The summed E-state index contributed by atoms with van der Waals surface area (Å²) in [6.45, 7) is 2.53. The van der Waals surface area contributed by atoms with Crippen LogP contribution in [0.4, 0.5) is 19.0 Å². The Hall–Kier alpha value is -5.54. The summed E-state index contributed by atoms with van der Waals surface area (Å²) in [4.78, 5) is 37.2. The molecule has 4 saturated heterocycles. The zero-order valence-electron chi connectivity index (χ0n) is 28.9. The summed E-state index contributed by atoms with van der Waals surface area (Å²) in [7, 11) is 0. The van der Waals surface area contributed by atoms with E-state index in [1.807, 2.05) is 35.2 Å². The Balaban J connectivity index is 1.10. The molecule has 12 heteroatoms. The molecule has 5 aromatic rings. The highest BCUT2D eigenvalue weighted by molar-refractivity contribution is 6.02. The second-order valence-corrected chi connectivity index (χ2v) is 14.5. The lowest BCUT2D eigenvalue weighted by molar-refractivity contribution is -0.127. The molecule has 3 unspecified atom stereocenters. The van der Waals surface area contributed by atoms with Crippen LogP contribution in [0.25, 0.3) is 39.0 Å². The monoisotopic (exact) mass is 715 g/mol. The molecule has 4 fully saturated rings. The van der Waals surface area contributed by atoms with Crippen LogP contribution >= 0.6 is 0 Å². The second-order valence-electron chi connectivity index (χ2n) is 14.5. The van der Waals surface area contributed by atoms with Crippen LogP contribution in [-0.2, 0) is 4.79 Å². The van der Waals surface area contributed by atoms with E-state index in [2.05, 4.69) is 25.8 Å². The van der Waals surface area contributed by atoms with Gasteiger partial charge in [0.1, 0.15) is 29.8 Å². The number of anilines is 1. The molecule has 0 bridgehead atoms. The first-order valence-electron chi connectivity index (χ1n) is 18.0. The number of hydrogen-bond acceptors (Lipinski definition) is 8. The van der Waals surface area contributed by atoms with Gasteiger partial charge in [0.05, 0.1) is 22.7 Å². The lowest BCUT2D eigenvalue weighted by Crippen LogP contribution is -2.43. The number of fused-ring (bicyclic) bond motifs is 4. The Morgan fingerprint density at radius 3 is 2.75 bits per heavy atom. The number of terminal acetylenes is 1. The third-order valence-electron chi connectivity index (χ3n) is 11.5. The third kappa shape index (κ3) is 5.74. The van der Waals surface area contributed by atoms with Crippen molar-refractivity contribution in [2.75, 3.05) is 44.2 Å². The molecule has 1 amide bonds. The van der Waals surface area contributed by atoms with Crippen molar-refractivity contribution in [2.24, 2.45) is 5.92 Å². The summed E-state index contributed by atoms with van der Waals surface area (Å²) < 4.78 is 53.2. The van der Waals surface area contributed by atoms with Gasteiger partial charge >= 0.3 is 6.01 Å². The van der Waals surface area contributed by atoms with E-state index in [0.717, 1.165) is 37.3 Å². The zero-order valence-corrected chi connectivity index (χ0v) is 28.9. The van der Waals surface area contributed by atoms with Crippen molar-refractivity contribution in [3.8, 4) is 29.6 Å². The number of hydrogen-bond donors (Lipinski definition) is 0. The third-order valence-corrected chi connectivity index (χ3v) is 11.5. The minimum absolute atomic E-state index is 0.0203. The van der Waals surface area contributed by atoms with E-state index in [4.69, 9.17) is 16.1 Å². The zero-order chi connectivity index (χ0) is 36.3. The number of likely N-dealkylation sites (tertiary alicyclic amines) is 1. The normalized spacial score (nSPS) is 24.2. The van der Waals surface area contributed by atoms with Crippen LogP contribution in [0.1, 0.15) is 36.9 Å². The molecule has 0 aliphatic carbocycles. The van der Waals surface area contributed by atoms with Crippen molar-refractivity contribution in [1.82, 2.24) is 29.7 Å². The Kier molecular flexibility index (Phi) is 8.26. The number of carbonyl (C=O) groups is 1. The van der Waals surface area contributed by atoms with Crippen LogP contribution in [0.2, 0.25) is 0 Å². The molecular weight excluding hydrogens is 679 g/mol. The van der Waals surface area contributed by atoms with Gasteiger partial charge in [-0.3, -0.25) is 19.7 Å². The van der Waals surface area contributed by atoms with E-state index < -0.39 is 29.3 Å². The quantitative estimate of drug-likeness (QED) is 0.142. The lowest BCUT2D eigenvalue weighted by Gasteiger charge is -2.31. The first-order valence-corrected chi connectivity index (χ1v) is 18.0. The number of aromatic nitrogens is 4. The highest BCUT2D eigenvalue weighted by Gasteiger charge is 2.50. The average Bonchev–Trinajstić information content (AvgIpc) is 3.94. The van der Waals surface area contributed by atoms with Gasteiger partial charge in [0.2, 0.25) is 0 Å². The van der Waals surface area contributed by atoms with E-state index in [1.54, 1.807) is 30.5 Å². The van der Waals surface area contributed by atoms with Gasteiger partial charge in [0.25, 0.3) is 5.91 Å². The Morgan fingerprint density at radius 2 is 1.92 bits per heavy atom. The maximum absolute atomic E-state index is 17.0. The molecular formula is C41H36F3N7O2. The van der Waals surface area contributed by atoms with Gasteiger partial charge in [-0.25, -0.2) is 13.2 Å². The molecule has 0 N–H and O–H groups in total. The van der Waals surface area contributed by atoms with Crippen LogP contribution in [-0.4, -0.2) is 92.7 Å². The predicted molar refractivity (Wildman–Crippen MR) is 196 cm³/mol. The fourth-order valence-electron chi connectivity index (χ4n) is 8.99. The minimum atomic E-state index is -0.940. The molecule has 53 heavy (non-hydrogen) atoms. The first kappa shape index (κ1) is 33.3. The summed E-state index contributed by atoms with van der Waals surface area (Å²) in [5.74, 6) is 0.934. The standard InChI is InChI=1S/C41H36F3N7O2/c1-2-25-8-5-9-26-10-6-12-30(34(25)26)36-35(44)37-31(20-46-36)38(48-40(47-37)53-24-41-14-7-16-50(41)22-28(42)19-41)51-17-13-27-21-49(23-33(27)51)39(52)32(43)18-29-11-3-4-15-45-29/h1,3-6,8-12,15,18,20,27-28,33H,7,13-14,16-17,19,21-24H2/b32-18-/t27?,28?,33?,41-/m0/s1. The summed E-state index contributed by atoms with van der Waals surface area (Å²) in [5, 5.41) is 1.94. The largest absolute Gasteiger partial charge is 0.461 e. The molecule has 0 saturated carbocycles. The van der Waals surface area contributed by atoms with Crippen LogP contribution in [0, 0.1) is 24.1 Å². The fourth-order valence-corrected chi connectivity index (χ4v) is 8.99. The summed E-state index contributed by atoms with van der Waals surface area (Å²) in [5.41, 5.74) is 1.15. The van der Waals surface area contributed by atoms with Crippen molar-refractivity contribution in [3.63, 3.8) is 0 Å². The topological polar surface area (TPSA) is 87.6 Å². The van der Waals surface area contributed by atoms with Crippen molar-refractivity contribution in [3.05, 3.63) is 89.9 Å². The highest BCUT2D eigenvalue weighted by atomic mass is 19.1. The SMILES string of the molecule is C#Cc1cccc2cccc(-c3ncc4c(N5CCC6CN(C(=O)/C(F)=C/c7ccccn7)CC65)nc(OC[C@@]56CCCN5CC(F)C6)nc4c3F)c12. The molecule has 0 radical (unpaired) electrons. The van der Waals surface area contributed by atoms with E-state index in [1.165, 1.54) is 11.1 Å². The first-order chi connectivity index (χ1) is 25.8. The molecule has 0 spiro atoms. The number of benzene rings is 2. The molecule has 4 atom stereocenters. The number of carbonyl (C=O) groups excluding carboxylic acids is 1. The fraction of sp³-hybridized carbons (Fsp3) is 0.341. The van der Waals surface area contributed by atoms with Gasteiger partial charge in [-0.15, -0.1) is 6.42 Å². The summed E-state index contributed by atoms with van der Waals surface area (Å²) >= 11 is 0. The van der Waals surface area contributed by atoms with Gasteiger partial charge in [0, 0.05) is 73.5 Å². The maximum atomic E-state index is 17.0. The highest BCUT2D eigenvalue weighted by Crippen LogP contribution is 2.43. The number of alkyl halides is 1. The van der Waals surface area contributed by atoms with Crippen molar-refractivity contribution in [2.45, 2.75) is 43.4 Å². The van der Waals surface area contributed by atoms with Crippen LogP contribution in [0.5, 0.6) is 6.01 Å². The summed E-state index contributed by atoms with van der Waals surface area (Å²) in [6, 6.07) is 16.0. The van der Waals surface area contributed by atoms with E-state index in [0.29, 0.717) is 59.5 Å². The summed E-state index contributed by atoms with van der Waals surface area (Å²) in [6.07, 6.45) is 12.0. The van der Waals surface area contributed by atoms with Crippen molar-refractivity contribution < 1.29 is 22.7 Å². The van der Waals surface area contributed by atoms with Gasteiger partial charge in [-0.1, -0.05) is 42.3 Å². The smallest absolute Gasteiger partial charge is 0.319 e. The van der Waals surface area contributed by atoms with Crippen molar-refractivity contribution in [1.29, 1.82) is 0 Å². The predicted octanol–water partition coefficient (Wildman–Crippen LogP) is 6.36. The number of rotatable bonds is 7. The van der Waals surface area contributed by atoms with Gasteiger partial charge in [-0.05, 0) is 49.4 Å². The van der Waals surface area contributed by atoms with E-state index in [-0.39, 0.29) is 42.3 Å². The number of ether oxygens (including phenoxy) is 1. The Bertz CT molecular complexity index is 2330. The molecule has 4 aliphatic rings. The second kappa shape index (κ2) is 13.1. The van der Waals surface area contributed by atoms with Gasteiger partial charge in [-0.2, -0.15) is 9.97 Å². The van der Waals surface area contributed by atoms with Gasteiger partial charge < -0.3 is 14.5 Å². The number of nitrogens with zero attached hydrogens (tertiary/aromatic N) is 7. The number of pyridine rings is 2. The minimum Gasteiger partial charge on any atom is -0.461 e. The Morgan fingerprint density at radius 1 is 1.06 bits per heavy atom. The van der Waals surface area contributed by atoms with Crippen LogP contribution in [0.15, 0.2) is 72.8 Å². The molecule has 9 nitrogen and oxygen atoms in total. The molecule has 9 rings (SSSR count). The molecule has 2 aromatic carbocycles. The molecule has 268 valence electrons. The van der Waals surface area contributed by atoms with Crippen LogP contribution in [0.3, 0.4) is 0 Å². The maximum Gasteiger partial charge on any atom is 0.319 e. The van der Waals surface area contributed by atoms with E-state index in [9.17, 15) is 9.18 Å². The molecule has 3 aromatic heterocycles. The number of halogens is 3. The molecule has 4 aliphatic heterocycles. The van der Waals surface area contributed by atoms with E-state index >= 15 is 8.78 Å². The lowest BCUT2D eigenvalue weighted by atomic mass is 9.95. The average molecular weight is 716 g/mol. The Labute approximate surface area is 304 Å². The molecule has 7 heterocycles. The van der Waals surface area contributed by atoms with Crippen molar-refractivity contribution >= 4 is 39.5 Å². The number of amides is 1. The van der Waals surface area contributed by atoms with Gasteiger partial charge in [0.15, 0.2) is 11.6 Å².